The molecule has 0 aromatic carbocycles. The minimum absolute atomic E-state index is 0.0388. The Balaban J connectivity index is 2.04. The van der Waals surface area contributed by atoms with Crippen molar-refractivity contribution in [1.29, 1.82) is 0 Å². The van der Waals surface area contributed by atoms with Gasteiger partial charge in [-0.3, -0.25) is 9.69 Å². The van der Waals surface area contributed by atoms with Crippen LogP contribution in [0.4, 0.5) is 0 Å². The molecule has 2 rings (SSSR count). The van der Waals surface area contributed by atoms with E-state index in [0.29, 0.717) is 12.4 Å². The predicted molar refractivity (Wildman–Crippen MR) is 62.2 cm³/mol. The molecule has 1 fully saturated rings. The lowest BCUT2D eigenvalue weighted by Crippen LogP contribution is -2.54. The van der Waals surface area contributed by atoms with Gasteiger partial charge in [-0.15, -0.1) is 0 Å². The fraction of sp³-hybridized carbons (Fsp3) is 0.750. The zero-order valence-electron chi connectivity index (χ0n) is 10.1. The third-order valence-corrected chi connectivity index (χ3v) is 3.33. The normalized spacial score (nSPS) is 28.4. The summed E-state index contributed by atoms with van der Waals surface area (Å²) in [5, 5.41) is 0. The Hall–Kier alpha value is -0.870. The molecular weight excluding hydrogens is 204 g/mol. The van der Waals surface area contributed by atoms with Gasteiger partial charge in [0, 0.05) is 19.6 Å². The molecule has 2 heterocycles. The zero-order valence-corrected chi connectivity index (χ0v) is 10.1. The van der Waals surface area contributed by atoms with Gasteiger partial charge in [-0.05, 0) is 33.0 Å². The van der Waals surface area contributed by atoms with Crippen molar-refractivity contribution in [3.05, 3.63) is 11.8 Å². The second kappa shape index (κ2) is 4.97. The Morgan fingerprint density at radius 2 is 2.25 bits per heavy atom. The first-order valence-electron chi connectivity index (χ1n) is 5.94. The first-order chi connectivity index (χ1) is 7.68. The Kier molecular flexibility index (Phi) is 3.61. The smallest absolute Gasteiger partial charge is 0.215 e. The maximum atomic E-state index is 12.2. The number of carbonyl (C=O) groups excluding carboxylic acids is 1. The lowest BCUT2D eigenvalue weighted by atomic mass is 10.0. The predicted octanol–water partition coefficient (Wildman–Crippen LogP) is 0.496. The van der Waals surface area contributed by atoms with Crippen molar-refractivity contribution in [2.24, 2.45) is 0 Å². The number of hydrogen-bond donors (Lipinski definition) is 0. The highest BCUT2D eigenvalue weighted by atomic mass is 16.5. The highest BCUT2D eigenvalue weighted by molar-refractivity contribution is 5.98. The molecule has 0 saturated carbocycles. The molecule has 0 bridgehead atoms. The molecule has 90 valence electrons. The van der Waals surface area contributed by atoms with Crippen molar-refractivity contribution in [2.75, 3.05) is 40.3 Å². The van der Waals surface area contributed by atoms with Gasteiger partial charge in [-0.25, -0.2) is 0 Å². The number of hydrogen-bond acceptors (Lipinski definition) is 4. The standard InChI is InChI=1S/C12H20N2O2/c1-13-6-7-14(2)10(9-13)12(15)11-5-3-4-8-16-11/h5,10H,3-4,6-9H2,1-2H3. The molecule has 0 amide bonds. The molecule has 4 nitrogen and oxygen atoms in total. The van der Waals surface area contributed by atoms with Crippen molar-refractivity contribution in [1.82, 2.24) is 9.80 Å². The largest absolute Gasteiger partial charge is 0.490 e. The molecule has 0 aliphatic carbocycles. The maximum absolute atomic E-state index is 12.2. The van der Waals surface area contributed by atoms with E-state index < -0.39 is 0 Å². The number of likely N-dealkylation sites (N-methyl/N-ethyl adjacent to an activating group) is 2. The number of piperazine rings is 1. The van der Waals surface area contributed by atoms with E-state index in [4.69, 9.17) is 4.74 Å². The van der Waals surface area contributed by atoms with E-state index in [1.807, 2.05) is 13.1 Å². The van der Waals surface area contributed by atoms with E-state index in [2.05, 4.69) is 16.8 Å². The van der Waals surface area contributed by atoms with E-state index >= 15 is 0 Å². The molecule has 1 atom stereocenters. The maximum Gasteiger partial charge on any atom is 0.215 e. The average Bonchev–Trinajstić information content (AvgIpc) is 2.32. The summed E-state index contributed by atoms with van der Waals surface area (Å²) in [6.45, 7) is 3.46. The summed E-state index contributed by atoms with van der Waals surface area (Å²) in [5.41, 5.74) is 0. The summed E-state index contributed by atoms with van der Waals surface area (Å²) in [7, 11) is 4.07. The van der Waals surface area contributed by atoms with Crippen LogP contribution < -0.4 is 0 Å². The summed E-state index contributed by atoms with van der Waals surface area (Å²) in [6.07, 6.45) is 3.93. The second-order valence-corrected chi connectivity index (χ2v) is 4.68. The van der Waals surface area contributed by atoms with Gasteiger partial charge in [0.05, 0.1) is 12.6 Å². The lowest BCUT2D eigenvalue weighted by Gasteiger charge is -2.37. The lowest BCUT2D eigenvalue weighted by molar-refractivity contribution is -0.125. The molecule has 0 radical (unpaired) electrons. The van der Waals surface area contributed by atoms with E-state index in [9.17, 15) is 4.79 Å². The Labute approximate surface area is 96.8 Å². The van der Waals surface area contributed by atoms with Crippen molar-refractivity contribution < 1.29 is 9.53 Å². The van der Waals surface area contributed by atoms with E-state index in [-0.39, 0.29) is 11.8 Å². The fourth-order valence-corrected chi connectivity index (χ4v) is 2.19. The quantitative estimate of drug-likeness (QED) is 0.683. The van der Waals surface area contributed by atoms with Crippen LogP contribution in [-0.2, 0) is 9.53 Å². The van der Waals surface area contributed by atoms with Crippen LogP contribution in [0, 0.1) is 0 Å². The summed E-state index contributed by atoms with van der Waals surface area (Å²) in [4.78, 5) is 16.6. The number of carbonyl (C=O) groups is 1. The molecule has 0 spiro atoms. The number of ketones is 1. The zero-order chi connectivity index (χ0) is 11.5. The Morgan fingerprint density at radius 1 is 1.44 bits per heavy atom. The Morgan fingerprint density at radius 3 is 2.94 bits per heavy atom. The molecule has 16 heavy (non-hydrogen) atoms. The van der Waals surface area contributed by atoms with Gasteiger partial charge >= 0.3 is 0 Å². The van der Waals surface area contributed by atoms with Gasteiger partial charge in [-0.2, -0.15) is 0 Å². The summed E-state index contributed by atoms with van der Waals surface area (Å²) < 4.78 is 5.44. The van der Waals surface area contributed by atoms with Crippen LogP contribution >= 0.6 is 0 Å². The first kappa shape index (κ1) is 11.6. The van der Waals surface area contributed by atoms with Crippen molar-refractivity contribution >= 4 is 5.78 Å². The monoisotopic (exact) mass is 224 g/mol. The SMILES string of the molecule is CN1CCN(C)C(C(=O)C2=CCCCO2)C1. The fourth-order valence-electron chi connectivity index (χ4n) is 2.19. The van der Waals surface area contributed by atoms with Crippen LogP contribution in [-0.4, -0.2) is 62.0 Å². The number of rotatable bonds is 2. The van der Waals surface area contributed by atoms with Crippen LogP contribution in [0.25, 0.3) is 0 Å². The van der Waals surface area contributed by atoms with Crippen LogP contribution in [0.2, 0.25) is 0 Å². The second-order valence-electron chi connectivity index (χ2n) is 4.68. The van der Waals surface area contributed by atoms with Crippen LogP contribution in [0.1, 0.15) is 12.8 Å². The highest BCUT2D eigenvalue weighted by Gasteiger charge is 2.31. The molecule has 1 saturated heterocycles. The number of nitrogens with zero attached hydrogens (tertiary/aromatic N) is 2. The van der Waals surface area contributed by atoms with Crippen molar-refractivity contribution in [2.45, 2.75) is 18.9 Å². The summed E-state index contributed by atoms with van der Waals surface area (Å²) in [6, 6.07) is -0.0388. The van der Waals surface area contributed by atoms with Gasteiger partial charge in [0.2, 0.25) is 5.78 Å². The molecule has 2 aliphatic heterocycles. The van der Waals surface area contributed by atoms with Crippen LogP contribution in [0.5, 0.6) is 0 Å². The van der Waals surface area contributed by atoms with Crippen LogP contribution in [0.3, 0.4) is 0 Å². The summed E-state index contributed by atoms with van der Waals surface area (Å²) in [5.74, 6) is 0.729. The van der Waals surface area contributed by atoms with Crippen molar-refractivity contribution in [3.63, 3.8) is 0 Å². The summed E-state index contributed by atoms with van der Waals surface area (Å²) >= 11 is 0. The Bertz CT molecular complexity index is 301. The molecule has 1 unspecified atom stereocenters. The van der Waals surface area contributed by atoms with Gasteiger partial charge in [0.1, 0.15) is 0 Å². The molecule has 2 aliphatic rings. The topological polar surface area (TPSA) is 32.8 Å². The highest BCUT2D eigenvalue weighted by Crippen LogP contribution is 2.16. The molecule has 0 N–H and O–H groups in total. The third kappa shape index (κ3) is 2.44. The minimum atomic E-state index is -0.0388. The van der Waals surface area contributed by atoms with Crippen LogP contribution in [0.15, 0.2) is 11.8 Å². The average molecular weight is 224 g/mol. The molecule has 4 heteroatoms. The number of Topliss-reactive ketones (excluding diaryl/α,β-unsaturated/α-hetero) is 1. The van der Waals surface area contributed by atoms with E-state index in [1.54, 1.807) is 0 Å². The van der Waals surface area contributed by atoms with E-state index in [0.717, 1.165) is 32.5 Å². The molecular formula is C12H20N2O2. The number of allylic oxidation sites excluding steroid dienone is 1. The third-order valence-electron chi connectivity index (χ3n) is 3.33. The van der Waals surface area contributed by atoms with Gasteiger partial charge in [-0.1, -0.05) is 0 Å². The van der Waals surface area contributed by atoms with E-state index in [1.165, 1.54) is 0 Å². The minimum Gasteiger partial charge on any atom is -0.490 e. The van der Waals surface area contributed by atoms with Crippen molar-refractivity contribution in [3.8, 4) is 0 Å². The van der Waals surface area contributed by atoms with Gasteiger partial charge in [0.25, 0.3) is 0 Å². The number of ether oxygens (including phenoxy) is 1. The van der Waals surface area contributed by atoms with Gasteiger partial charge in [0.15, 0.2) is 5.76 Å². The molecule has 0 aromatic rings. The molecule has 0 aromatic heterocycles. The first-order valence-corrected chi connectivity index (χ1v) is 5.94. The van der Waals surface area contributed by atoms with Gasteiger partial charge < -0.3 is 9.64 Å².